The highest BCUT2D eigenvalue weighted by atomic mass is 16.5. The first-order valence-electron chi connectivity index (χ1n) is 5.60. The van der Waals surface area contributed by atoms with Gasteiger partial charge in [0.1, 0.15) is 0 Å². The van der Waals surface area contributed by atoms with E-state index in [1.165, 1.54) is 0 Å². The van der Waals surface area contributed by atoms with Crippen molar-refractivity contribution in [2.45, 2.75) is 72.2 Å². The highest BCUT2D eigenvalue weighted by Crippen LogP contribution is 2.13. The summed E-state index contributed by atoms with van der Waals surface area (Å²) in [4.78, 5) is 0. The van der Waals surface area contributed by atoms with Crippen LogP contribution in [0.5, 0.6) is 0 Å². The Balaban J connectivity index is 3.40. The van der Waals surface area contributed by atoms with Crippen LogP contribution < -0.4 is 0 Å². The number of rotatable bonds is 6. The second-order valence-electron chi connectivity index (χ2n) is 5.10. The van der Waals surface area contributed by atoms with E-state index in [1.54, 1.807) is 0 Å². The topological polar surface area (TPSA) is 18.5 Å². The summed E-state index contributed by atoms with van der Waals surface area (Å²) in [6.07, 6.45) is 2.82. The molecule has 0 aromatic carbocycles. The largest absolute Gasteiger partial charge is 0.379 e. The molecule has 0 unspecified atom stereocenters. The van der Waals surface area contributed by atoms with Crippen LogP contribution >= 0.6 is 0 Å². The van der Waals surface area contributed by atoms with Crippen molar-refractivity contribution in [1.29, 1.82) is 0 Å². The zero-order valence-corrected chi connectivity index (χ0v) is 10.6. The number of ether oxygens (including phenoxy) is 2. The molecule has 0 saturated heterocycles. The molecule has 0 radical (unpaired) electrons. The maximum Gasteiger partial charge on any atom is 0.0602 e. The Morgan fingerprint density at radius 2 is 1.64 bits per heavy atom. The normalized spacial score (nSPS) is 14.8. The van der Waals surface area contributed by atoms with Gasteiger partial charge in [0.05, 0.1) is 17.8 Å². The van der Waals surface area contributed by atoms with Crippen molar-refractivity contribution in [1.82, 2.24) is 0 Å². The highest BCUT2D eigenvalue weighted by molar-refractivity contribution is 4.63. The number of hydrogen-bond acceptors (Lipinski definition) is 2. The van der Waals surface area contributed by atoms with Crippen LogP contribution in [0.3, 0.4) is 0 Å². The van der Waals surface area contributed by atoms with Gasteiger partial charge in [-0.05, 0) is 54.4 Å². The Bertz CT molecular complexity index is 136. The van der Waals surface area contributed by atoms with Gasteiger partial charge in [0.25, 0.3) is 0 Å². The quantitative estimate of drug-likeness (QED) is 0.615. The van der Waals surface area contributed by atoms with Gasteiger partial charge in [-0.3, -0.25) is 0 Å². The van der Waals surface area contributed by atoms with E-state index < -0.39 is 0 Å². The van der Waals surface area contributed by atoms with Crippen molar-refractivity contribution in [3.63, 3.8) is 0 Å². The van der Waals surface area contributed by atoms with Crippen molar-refractivity contribution in [3.8, 4) is 0 Å². The van der Waals surface area contributed by atoms with Crippen LogP contribution in [-0.4, -0.2) is 24.4 Å². The molecule has 0 fully saturated rings. The molecule has 0 amide bonds. The fourth-order valence-corrected chi connectivity index (χ4v) is 1.35. The van der Waals surface area contributed by atoms with Crippen LogP contribution in [-0.2, 0) is 9.47 Å². The first kappa shape index (κ1) is 13.9. The summed E-state index contributed by atoms with van der Waals surface area (Å²) in [5.41, 5.74) is -0.0294. The molecule has 0 aliphatic carbocycles. The van der Waals surface area contributed by atoms with Crippen molar-refractivity contribution < 1.29 is 9.47 Å². The van der Waals surface area contributed by atoms with E-state index in [0.717, 1.165) is 19.4 Å². The third kappa shape index (κ3) is 10.0. The van der Waals surface area contributed by atoms with Crippen molar-refractivity contribution >= 4 is 0 Å². The van der Waals surface area contributed by atoms with Gasteiger partial charge >= 0.3 is 0 Å². The van der Waals surface area contributed by atoms with Crippen LogP contribution in [0.4, 0.5) is 0 Å². The molecule has 14 heavy (non-hydrogen) atoms. The highest BCUT2D eigenvalue weighted by Gasteiger charge is 2.14. The lowest BCUT2D eigenvalue weighted by atomic mass is 10.1. The molecular weight excluding hydrogens is 176 g/mol. The summed E-state index contributed by atoms with van der Waals surface area (Å²) in [5.74, 6) is 0. The average Bonchev–Trinajstić information content (AvgIpc) is 1.94. The maximum absolute atomic E-state index is 5.79. The summed E-state index contributed by atoms with van der Waals surface area (Å²) in [5, 5.41) is 0. The van der Waals surface area contributed by atoms with Crippen LogP contribution in [0.2, 0.25) is 0 Å². The van der Waals surface area contributed by atoms with Crippen molar-refractivity contribution in [2.24, 2.45) is 0 Å². The minimum absolute atomic E-state index is 0.0294. The van der Waals surface area contributed by atoms with Crippen LogP contribution in [0.15, 0.2) is 0 Å². The molecule has 0 bridgehead atoms. The smallest absolute Gasteiger partial charge is 0.0602 e. The Labute approximate surface area is 89.0 Å². The van der Waals surface area contributed by atoms with E-state index in [1.807, 2.05) is 0 Å². The first-order chi connectivity index (χ1) is 6.31. The Morgan fingerprint density at radius 1 is 1.07 bits per heavy atom. The van der Waals surface area contributed by atoms with Crippen molar-refractivity contribution in [3.05, 3.63) is 0 Å². The lowest BCUT2D eigenvalue weighted by molar-refractivity contribution is -0.0578. The van der Waals surface area contributed by atoms with Gasteiger partial charge in [-0.2, -0.15) is 0 Å². The Morgan fingerprint density at radius 3 is 2.07 bits per heavy atom. The van der Waals surface area contributed by atoms with Gasteiger partial charge < -0.3 is 9.47 Å². The lowest BCUT2D eigenvalue weighted by Crippen LogP contribution is -2.25. The van der Waals surface area contributed by atoms with Gasteiger partial charge in [0.15, 0.2) is 0 Å². The van der Waals surface area contributed by atoms with Crippen LogP contribution in [0, 0.1) is 0 Å². The van der Waals surface area contributed by atoms with E-state index in [9.17, 15) is 0 Å². The predicted octanol–water partition coefficient (Wildman–Crippen LogP) is 3.40. The van der Waals surface area contributed by atoms with E-state index in [-0.39, 0.29) is 5.60 Å². The molecule has 2 heteroatoms. The fraction of sp³-hybridized carbons (Fsp3) is 1.00. The summed E-state index contributed by atoms with van der Waals surface area (Å²) < 4.78 is 11.3. The molecule has 1 atom stereocenters. The first-order valence-corrected chi connectivity index (χ1v) is 5.60. The molecule has 0 spiro atoms. The van der Waals surface area contributed by atoms with E-state index in [0.29, 0.717) is 12.2 Å². The lowest BCUT2D eigenvalue weighted by Gasteiger charge is -2.25. The third-order valence-electron chi connectivity index (χ3n) is 1.76. The zero-order valence-electron chi connectivity index (χ0n) is 10.6. The Hall–Kier alpha value is -0.0800. The second-order valence-corrected chi connectivity index (χ2v) is 5.10. The molecule has 0 aromatic rings. The minimum Gasteiger partial charge on any atom is -0.379 e. The third-order valence-corrected chi connectivity index (χ3v) is 1.76. The SMILES string of the molecule is CC(C)OCCC[C@H](C)OC(C)(C)C. The van der Waals surface area contributed by atoms with Crippen LogP contribution in [0.25, 0.3) is 0 Å². The molecule has 2 nitrogen and oxygen atoms in total. The summed E-state index contributed by atoms with van der Waals surface area (Å²) >= 11 is 0. The minimum atomic E-state index is -0.0294. The van der Waals surface area contributed by atoms with Gasteiger partial charge in [0, 0.05) is 6.61 Å². The molecule has 0 saturated carbocycles. The maximum atomic E-state index is 5.79. The van der Waals surface area contributed by atoms with Gasteiger partial charge in [-0.25, -0.2) is 0 Å². The molecule has 0 aromatic heterocycles. The van der Waals surface area contributed by atoms with Crippen molar-refractivity contribution in [2.75, 3.05) is 6.61 Å². The van der Waals surface area contributed by atoms with Crippen LogP contribution in [0.1, 0.15) is 54.4 Å². The average molecular weight is 202 g/mol. The predicted molar refractivity (Wildman–Crippen MR) is 60.6 cm³/mol. The van der Waals surface area contributed by atoms with Gasteiger partial charge in [0.2, 0.25) is 0 Å². The summed E-state index contributed by atoms with van der Waals surface area (Å²) in [6, 6.07) is 0. The second kappa shape index (κ2) is 6.41. The molecule has 0 N–H and O–H groups in total. The molecular formula is C12H26O2. The standard InChI is InChI=1S/C12H26O2/c1-10(2)13-9-7-8-11(3)14-12(4,5)6/h10-11H,7-9H2,1-6H3/t11-/m0/s1. The zero-order chi connectivity index (χ0) is 11.2. The molecule has 0 aliphatic heterocycles. The molecule has 0 heterocycles. The fourth-order valence-electron chi connectivity index (χ4n) is 1.35. The van der Waals surface area contributed by atoms with Gasteiger partial charge in [-0.15, -0.1) is 0 Å². The van der Waals surface area contributed by atoms with E-state index in [4.69, 9.17) is 9.47 Å². The summed E-state index contributed by atoms with van der Waals surface area (Å²) in [7, 11) is 0. The Kier molecular flexibility index (Phi) is 6.38. The molecule has 0 aliphatic rings. The monoisotopic (exact) mass is 202 g/mol. The summed E-state index contributed by atoms with van der Waals surface area (Å²) in [6.45, 7) is 13.4. The molecule has 0 rings (SSSR count). The number of hydrogen-bond donors (Lipinski definition) is 0. The molecule has 86 valence electrons. The van der Waals surface area contributed by atoms with E-state index >= 15 is 0 Å². The van der Waals surface area contributed by atoms with E-state index in [2.05, 4.69) is 41.5 Å². The van der Waals surface area contributed by atoms with Gasteiger partial charge in [-0.1, -0.05) is 0 Å².